The summed E-state index contributed by atoms with van der Waals surface area (Å²) in [5, 5.41) is 17.4. The summed E-state index contributed by atoms with van der Waals surface area (Å²) in [6, 6.07) is 0. The minimum atomic E-state index is -0.904. The molecule has 0 aliphatic carbocycles. The fourth-order valence-corrected chi connectivity index (χ4v) is 2.79. The van der Waals surface area contributed by atoms with E-state index in [1.54, 1.807) is 11.8 Å². The van der Waals surface area contributed by atoms with Crippen LogP contribution in [0.5, 0.6) is 0 Å². The minimum Gasteiger partial charge on any atom is -0.481 e. The molecule has 1 saturated heterocycles. The lowest BCUT2D eigenvalue weighted by Gasteiger charge is -2.26. The molecular formula is C8H12O4S. The Morgan fingerprint density at radius 1 is 1.38 bits per heavy atom. The van der Waals surface area contributed by atoms with Gasteiger partial charge in [-0.05, 0) is 23.8 Å². The van der Waals surface area contributed by atoms with Gasteiger partial charge >= 0.3 is 11.9 Å². The van der Waals surface area contributed by atoms with Crippen molar-refractivity contribution in [3.8, 4) is 0 Å². The predicted octanol–water partition coefficient (Wildman–Crippen LogP) is 0.915. The van der Waals surface area contributed by atoms with Crippen LogP contribution in [0.1, 0.15) is 12.8 Å². The van der Waals surface area contributed by atoms with E-state index in [-0.39, 0.29) is 12.3 Å². The summed E-state index contributed by atoms with van der Waals surface area (Å²) in [4.78, 5) is 21.2. The van der Waals surface area contributed by atoms with Gasteiger partial charge in [-0.2, -0.15) is 11.8 Å². The van der Waals surface area contributed by atoms with E-state index in [4.69, 9.17) is 10.2 Å². The molecule has 13 heavy (non-hydrogen) atoms. The lowest BCUT2D eigenvalue weighted by molar-refractivity contribution is -0.145. The molecule has 0 aromatic carbocycles. The van der Waals surface area contributed by atoms with E-state index in [9.17, 15) is 9.59 Å². The number of carboxylic acid groups (broad SMARTS) is 2. The smallest absolute Gasteiger partial charge is 0.306 e. The Bertz CT molecular complexity index is 216. The van der Waals surface area contributed by atoms with Gasteiger partial charge in [-0.15, -0.1) is 0 Å². The molecule has 0 saturated carbocycles. The molecule has 5 heteroatoms. The van der Waals surface area contributed by atoms with Crippen molar-refractivity contribution in [3.63, 3.8) is 0 Å². The van der Waals surface area contributed by atoms with Gasteiger partial charge in [0.2, 0.25) is 0 Å². The van der Waals surface area contributed by atoms with Gasteiger partial charge in [-0.1, -0.05) is 0 Å². The van der Waals surface area contributed by atoms with E-state index in [1.165, 1.54) is 0 Å². The van der Waals surface area contributed by atoms with Crippen molar-refractivity contribution in [2.24, 2.45) is 11.8 Å². The Balaban J connectivity index is 2.56. The SMILES string of the molecule is O=C(O)CC1CSCCC1C(=O)O. The zero-order chi connectivity index (χ0) is 9.84. The van der Waals surface area contributed by atoms with Crippen molar-refractivity contribution < 1.29 is 19.8 Å². The monoisotopic (exact) mass is 204 g/mol. The third kappa shape index (κ3) is 2.91. The van der Waals surface area contributed by atoms with E-state index in [2.05, 4.69) is 0 Å². The molecule has 4 nitrogen and oxygen atoms in total. The number of thioether (sulfide) groups is 1. The summed E-state index contributed by atoms with van der Waals surface area (Å²) in [7, 11) is 0. The number of aliphatic carboxylic acids is 2. The fourth-order valence-electron chi connectivity index (χ4n) is 1.55. The molecule has 1 fully saturated rings. The van der Waals surface area contributed by atoms with Crippen LogP contribution < -0.4 is 0 Å². The van der Waals surface area contributed by atoms with Crippen molar-refractivity contribution in [1.82, 2.24) is 0 Å². The summed E-state index contributed by atoms with van der Waals surface area (Å²) in [6.45, 7) is 0. The van der Waals surface area contributed by atoms with E-state index in [0.717, 1.165) is 5.75 Å². The van der Waals surface area contributed by atoms with E-state index in [1.807, 2.05) is 0 Å². The second-order valence-corrected chi connectivity index (χ2v) is 4.32. The highest BCUT2D eigenvalue weighted by Gasteiger charge is 2.32. The molecule has 0 amide bonds. The van der Waals surface area contributed by atoms with Crippen molar-refractivity contribution >= 4 is 23.7 Å². The minimum absolute atomic E-state index is 0.0238. The highest BCUT2D eigenvalue weighted by atomic mass is 32.2. The van der Waals surface area contributed by atoms with Gasteiger partial charge < -0.3 is 10.2 Å². The van der Waals surface area contributed by atoms with Crippen LogP contribution in [0.25, 0.3) is 0 Å². The molecule has 1 aliphatic rings. The molecule has 0 aromatic heterocycles. The third-order valence-corrected chi connectivity index (χ3v) is 3.42. The molecule has 2 N–H and O–H groups in total. The van der Waals surface area contributed by atoms with Gasteiger partial charge in [0.15, 0.2) is 0 Å². The molecule has 1 aliphatic heterocycles. The third-order valence-electron chi connectivity index (χ3n) is 2.23. The van der Waals surface area contributed by atoms with E-state index >= 15 is 0 Å². The molecule has 74 valence electrons. The summed E-state index contributed by atoms with van der Waals surface area (Å²) in [5.74, 6) is -0.938. The fraction of sp³-hybridized carbons (Fsp3) is 0.750. The Morgan fingerprint density at radius 3 is 2.62 bits per heavy atom. The van der Waals surface area contributed by atoms with Gasteiger partial charge in [-0.3, -0.25) is 9.59 Å². The number of carbonyl (C=O) groups is 2. The summed E-state index contributed by atoms with van der Waals surface area (Å²) in [6.07, 6.45) is 0.571. The summed E-state index contributed by atoms with van der Waals surface area (Å²) in [5.41, 5.74) is 0. The molecule has 2 unspecified atom stereocenters. The van der Waals surface area contributed by atoms with Gasteiger partial charge in [0.05, 0.1) is 5.92 Å². The van der Waals surface area contributed by atoms with Gasteiger partial charge in [0, 0.05) is 6.42 Å². The Morgan fingerprint density at radius 2 is 2.08 bits per heavy atom. The first-order valence-electron chi connectivity index (χ1n) is 4.13. The highest BCUT2D eigenvalue weighted by molar-refractivity contribution is 7.99. The van der Waals surface area contributed by atoms with Crippen LogP contribution in [0.2, 0.25) is 0 Å². The van der Waals surface area contributed by atoms with Crippen molar-refractivity contribution in [3.05, 3.63) is 0 Å². The lowest BCUT2D eigenvalue weighted by Crippen LogP contribution is -2.31. The molecule has 0 aromatic rings. The molecule has 0 radical (unpaired) electrons. The van der Waals surface area contributed by atoms with Crippen LogP contribution in [0.3, 0.4) is 0 Å². The second-order valence-electron chi connectivity index (χ2n) is 3.17. The Hall–Kier alpha value is -0.710. The number of hydrogen-bond acceptors (Lipinski definition) is 3. The number of hydrogen-bond donors (Lipinski definition) is 2. The van der Waals surface area contributed by atoms with Crippen LogP contribution in [0.4, 0.5) is 0 Å². The van der Waals surface area contributed by atoms with Gasteiger partial charge in [-0.25, -0.2) is 0 Å². The first-order chi connectivity index (χ1) is 6.11. The average Bonchev–Trinajstić information content (AvgIpc) is 2.03. The van der Waals surface area contributed by atoms with Crippen LogP contribution >= 0.6 is 11.8 Å². The van der Waals surface area contributed by atoms with E-state index < -0.39 is 17.9 Å². The van der Waals surface area contributed by atoms with E-state index in [0.29, 0.717) is 12.2 Å². The van der Waals surface area contributed by atoms with Crippen LogP contribution in [-0.4, -0.2) is 33.7 Å². The van der Waals surface area contributed by atoms with Crippen LogP contribution in [0, 0.1) is 11.8 Å². The van der Waals surface area contributed by atoms with Crippen molar-refractivity contribution in [2.75, 3.05) is 11.5 Å². The second kappa shape index (κ2) is 4.50. The number of rotatable bonds is 3. The predicted molar refractivity (Wildman–Crippen MR) is 48.8 cm³/mol. The molecule has 0 bridgehead atoms. The molecular weight excluding hydrogens is 192 g/mol. The van der Waals surface area contributed by atoms with Gasteiger partial charge in [0.1, 0.15) is 0 Å². The normalized spacial score (nSPS) is 28.3. The Kier molecular flexibility index (Phi) is 3.59. The first kappa shape index (κ1) is 10.4. The quantitative estimate of drug-likeness (QED) is 0.714. The average molecular weight is 204 g/mol. The topological polar surface area (TPSA) is 74.6 Å². The maximum atomic E-state index is 10.7. The first-order valence-corrected chi connectivity index (χ1v) is 5.29. The highest BCUT2D eigenvalue weighted by Crippen LogP contribution is 2.31. The zero-order valence-corrected chi connectivity index (χ0v) is 7.92. The molecule has 1 heterocycles. The van der Waals surface area contributed by atoms with Gasteiger partial charge in [0.25, 0.3) is 0 Å². The van der Waals surface area contributed by atoms with Crippen molar-refractivity contribution in [1.29, 1.82) is 0 Å². The maximum Gasteiger partial charge on any atom is 0.306 e. The van der Waals surface area contributed by atoms with Crippen LogP contribution in [-0.2, 0) is 9.59 Å². The maximum absolute atomic E-state index is 10.7. The summed E-state index contributed by atoms with van der Waals surface area (Å²) >= 11 is 1.64. The zero-order valence-electron chi connectivity index (χ0n) is 7.10. The number of carboxylic acids is 2. The summed E-state index contributed by atoms with van der Waals surface area (Å²) < 4.78 is 0. The van der Waals surface area contributed by atoms with Crippen LogP contribution in [0.15, 0.2) is 0 Å². The Labute approximate surface area is 80.3 Å². The molecule has 2 atom stereocenters. The van der Waals surface area contributed by atoms with Crippen molar-refractivity contribution in [2.45, 2.75) is 12.8 Å². The lowest BCUT2D eigenvalue weighted by atomic mass is 9.88. The molecule has 0 spiro atoms. The molecule has 1 rings (SSSR count). The standard InChI is InChI=1S/C8H12O4S/c9-7(10)3-5-4-13-2-1-6(5)8(11)12/h5-6H,1-4H2,(H,9,10)(H,11,12). The largest absolute Gasteiger partial charge is 0.481 e.